The van der Waals surface area contributed by atoms with E-state index in [1.807, 2.05) is 0 Å². The summed E-state index contributed by atoms with van der Waals surface area (Å²) in [4.78, 5) is 0. The Kier molecular flexibility index (Phi) is 1.77. The number of fused-ring (bicyclic) bond motifs is 1. The zero-order valence-corrected chi connectivity index (χ0v) is 6.73. The molecule has 0 fully saturated rings. The molecule has 0 amide bonds. The van der Waals surface area contributed by atoms with Gasteiger partial charge in [-0.2, -0.15) is 13.2 Å². The highest BCUT2D eigenvalue weighted by Crippen LogP contribution is 2.35. The molecule has 0 aliphatic heterocycles. The normalized spacial score (nSPS) is 12.3. The molecular formula is C9H4F4O. The molecule has 0 radical (unpaired) electrons. The van der Waals surface area contributed by atoms with Gasteiger partial charge in [-0.3, -0.25) is 0 Å². The van der Waals surface area contributed by atoms with Gasteiger partial charge in [-0.25, -0.2) is 4.39 Å². The van der Waals surface area contributed by atoms with Crippen molar-refractivity contribution in [1.82, 2.24) is 0 Å². The molecule has 2 aromatic rings. The number of rotatable bonds is 0. The van der Waals surface area contributed by atoms with Gasteiger partial charge in [0.1, 0.15) is 0 Å². The highest BCUT2D eigenvalue weighted by atomic mass is 19.4. The van der Waals surface area contributed by atoms with Crippen molar-refractivity contribution in [2.75, 3.05) is 0 Å². The van der Waals surface area contributed by atoms with Crippen molar-refractivity contribution in [3.05, 3.63) is 35.8 Å². The van der Waals surface area contributed by atoms with E-state index in [4.69, 9.17) is 0 Å². The van der Waals surface area contributed by atoms with Gasteiger partial charge in [0.05, 0.1) is 11.8 Å². The molecule has 0 aliphatic rings. The number of halogens is 4. The maximum Gasteiger partial charge on any atom is 0.417 e. The summed E-state index contributed by atoms with van der Waals surface area (Å²) in [5, 5.41) is -0.252. The minimum atomic E-state index is -4.49. The lowest BCUT2D eigenvalue weighted by atomic mass is 10.1. The van der Waals surface area contributed by atoms with Crippen LogP contribution in [-0.4, -0.2) is 0 Å². The van der Waals surface area contributed by atoms with E-state index < -0.39 is 17.6 Å². The minimum absolute atomic E-state index is 0.252. The Bertz CT molecular complexity index is 469. The van der Waals surface area contributed by atoms with E-state index in [1.54, 1.807) is 0 Å². The van der Waals surface area contributed by atoms with Crippen LogP contribution < -0.4 is 0 Å². The molecular weight excluding hydrogens is 200 g/mol. The SMILES string of the molecule is Fc1ccc(C(F)(F)F)c2ccoc12. The van der Waals surface area contributed by atoms with E-state index in [9.17, 15) is 17.6 Å². The van der Waals surface area contributed by atoms with Crippen molar-refractivity contribution in [1.29, 1.82) is 0 Å². The fourth-order valence-corrected chi connectivity index (χ4v) is 1.28. The molecule has 1 nitrogen and oxygen atoms in total. The lowest BCUT2D eigenvalue weighted by Gasteiger charge is -2.06. The number of furan rings is 1. The summed E-state index contributed by atoms with van der Waals surface area (Å²) in [5.41, 5.74) is -1.25. The van der Waals surface area contributed by atoms with Gasteiger partial charge in [0.2, 0.25) is 0 Å². The molecule has 2 rings (SSSR count). The van der Waals surface area contributed by atoms with Crippen LogP contribution in [0.5, 0.6) is 0 Å². The standard InChI is InChI=1S/C9H4F4O/c10-7-2-1-6(9(11,12)13)5-3-4-14-8(5)7/h1-4H. The zero-order chi connectivity index (χ0) is 10.3. The van der Waals surface area contributed by atoms with Crippen LogP contribution in [0.2, 0.25) is 0 Å². The first-order valence-corrected chi connectivity index (χ1v) is 3.73. The lowest BCUT2D eigenvalue weighted by Crippen LogP contribution is -2.05. The fourth-order valence-electron chi connectivity index (χ4n) is 1.28. The van der Waals surface area contributed by atoms with E-state index in [0.717, 1.165) is 18.4 Å². The van der Waals surface area contributed by atoms with Crippen molar-refractivity contribution in [2.24, 2.45) is 0 Å². The van der Waals surface area contributed by atoms with Crippen molar-refractivity contribution < 1.29 is 22.0 Å². The predicted octanol–water partition coefficient (Wildman–Crippen LogP) is 3.59. The average Bonchev–Trinajstić information content (AvgIpc) is 2.50. The smallest absolute Gasteiger partial charge is 0.417 e. The van der Waals surface area contributed by atoms with Crippen LogP contribution in [0.4, 0.5) is 17.6 Å². The fraction of sp³-hybridized carbons (Fsp3) is 0.111. The van der Waals surface area contributed by atoms with Gasteiger partial charge < -0.3 is 4.42 Å². The highest BCUT2D eigenvalue weighted by molar-refractivity contribution is 5.81. The number of alkyl halides is 3. The van der Waals surface area contributed by atoms with Crippen LogP contribution >= 0.6 is 0 Å². The maximum atomic E-state index is 12.9. The molecule has 0 N–H and O–H groups in total. The molecule has 0 aliphatic carbocycles. The molecule has 1 heterocycles. The quantitative estimate of drug-likeness (QED) is 0.597. The van der Waals surface area contributed by atoms with Crippen LogP contribution in [0.3, 0.4) is 0 Å². The Morgan fingerprint density at radius 1 is 1.07 bits per heavy atom. The summed E-state index contributed by atoms with van der Waals surface area (Å²) in [6.07, 6.45) is -3.46. The van der Waals surface area contributed by atoms with E-state index >= 15 is 0 Å². The Labute approximate surface area is 75.9 Å². The molecule has 14 heavy (non-hydrogen) atoms. The molecule has 1 aromatic carbocycles. The minimum Gasteiger partial charge on any atom is -0.461 e. The third kappa shape index (κ3) is 1.25. The Morgan fingerprint density at radius 2 is 1.79 bits per heavy atom. The largest absolute Gasteiger partial charge is 0.461 e. The molecule has 74 valence electrons. The topological polar surface area (TPSA) is 13.1 Å². The van der Waals surface area contributed by atoms with Gasteiger partial charge in [0.15, 0.2) is 11.4 Å². The molecule has 1 aromatic heterocycles. The molecule has 0 bridgehead atoms. The average molecular weight is 204 g/mol. The van der Waals surface area contributed by atoms with Gasteiger partial charge in [0.25, 0.3) is 0 Å². The van der Waals surface area contributed by atoms with Gasteiger partial charge in [-0.05, 0) is 18.2 Å². The Morgan fingerprint density at radius 3 is 2.43 bits per heavy atom. The third-order valence-corrected chi connectivity index (χ3v) is 1.87. The van der Waals surface area contributed by atoms with Crippen LogP contribution in [0.15, 0.2) is 28.9 Å². The number of hydrogen-bond donors (Lipinski definition) is 0. The molecule has 5 heteroatoms. The first-order chi connectivity index (χ1) is 6.50. The number of benzene rings is 1. The summed E-state index contributed by atoms with van der Waals surface area (Å²) in [6, 6.07) is 2.54. The maximum absolute atomic E-state index is 12.9. The van der Waals surface area contributed by atoms with E-state index in [-0.39, 0.29) is 11.0 Å². The van der Waals surface area contributed by atoms with E-state index in [2.05, 4.69) is 4.42 Å². The van der Waals surface area contributed by atoms with Gasteiger partial charge >= 0.3 is 6.18 Å². The second-order valence-electron chi connectivity index (χ2n) is 2.76. The van der Waals surface area contributed by atoms with Crippen LogP contribution in [0.1, 0.15) is 5.56 Å². The van der Waals surface area contributed by atoms with E-state index in [1.165, 1.54) is 0 Å². The molecule has 0 atom stereocenters. The van der Waals surface area contributed by atoms with Gasteiger partial charge in [-0.1, -0.05) is 0 Å². The van der Waals surface area contributed by atoms with Crippen LogP contribution in [0, 0.1) is 5.82 Å². The van der Waals surface area contributed by atoms with Crippen LogP contribution in [-0.2, 0) is 6.18 Å². The summed E-state index contributed by atoms with van der Waals surface area (Å²) in [7, 11) is 0. The Balaban J connectivity index is 2.80. The van der Waals surface area contributed by atoms with E-state index in [0.29, 0.717) is 6.07 Å². The molecule has 0 unspecified atom stereocenters. The number of hydrogen-bond acceptors (Lipinski definition) is 1. The first-order valence-electron chi connectivity index (χ1n) is 3.73. The first kappa shape index (κ1) is 9.05. The summed E-state index contributed by atoms with van der Waals surface area (Å²) >= 11 is 0. The molecule has 0 saturated heterocycles. The monoisotopic (exact) mass is 204 g/mol. The predicted molar refractivity (Wildman–Crippen MR) is 41.2 cm³/mol. The van der Waals surface area contributed by atoms with Gasteiger partial charge in [0, 0.05) is 5.39 Å². The lowest BCUT2D eigenvalue weighted by molar-refractivity contribution is -0.136. The molecule has 0 spiro atoms. The second-order valence-corrected chi connectivity index (χ2v) is 2.76. The highest BCUT2D eigenvalue weighted by Gasteiger charge is 2.33. The van der Waals surface area contributed by atoms with Crippen molar-refractivity contribution in [2.45, 2.75) is 6.18 Å². The zero-order valence-electron chi connectivity index (χ0n) is 6.73. The van der Waals surface area contributed by atoms with Crippen molar-refractivity contribution in [3.8, 4) is 0 Å². The summed E-state index contributed by atoms with van der Waals surface area (Å²) in [5.74, 6) is -0.794. The third-order valence-electron chi connectivity index (χ3n) is 1.87. The van der Waals surface area contributed by atoms with Crippen molar-refractivity contribution >= 4 is 11.0 Å². The molecule has 0 saturated carbocycles. The van der Waals surface area contributed by atoms with Gasteiger partial charge in [-0.15, -0.1) is 0 Å². The second kappa shape index (κ2) is 2.73. The summed E-state index contributed by atoms with van der Waals surface area (Å²) < 4.78 is 54.6. The van der Waals surface area contributed by atoms with Crippen molar-refractivity contribution in [3.63, 3.8) is 0 Å². The van der Waals surface area contributed by atoms with Crippen LogP contribution in [0.25, 0.3) is 11.0 Å². The summed E-state index contributed by atoms with van der Waals surface area (Å²) in [6.45, 7) is 0. The Hall–Kier alpha value is -1.52.